The van der Waals surface area contributed by atoms with E-state index in [-0.39, 0.29) is 5.82 Å². The van der Waals surface area contributed by atoms with Crippen LogP contribution in [-0.4, -0.2) is 31.1 Å². The van der Waals surface area contributed by atoms with Crippen molar-refractivity contribution in [1.82, 2.24) is 10.2 Å². The molecule has 0 radical (unpaired) electrons. The summed E-state index contributed by atoms with van der Waals surface area (Å²) >= 11 is 3.17. The van der Waals surface area contributed by atoms with Crippen molar-refractivity contribution in [3.8, 4) is 0 Å². The summed E-state index contributed by atoms with van der Waals surface area (Å²) in [4.78, 5) is 2.53. The average Bonchev–Trinajstić information content (AvgIpc) is 2.86. The first-order valence-electron chi connectivity index (χ1n) is 7.02. The summed E-state index contributed by atoms with van der Waals surface area (Å²) < 4.78 is 13.9. The number of benzene rings is 1. The third-order valence-corrected chi connectivity index (χ3v) is 4.22. The number of likely N-dealkylation sites (tertiary alicyclic amines) is 1. The standard InChI is InChI=1S/C15H22BrFN2/c1-12(11-19-6-2-3-7-19)9-18-10-13-4-5-14(16)15(17)8-13/h4-5,8,12,18H,2-3,6-7,9-11H2,1H3. The van der Waals surface area contributed by atoms with E-state index >= 15 is 0 Å². The van der Waals surface area contributed by atoms with Gasteiger partial charge in [0, 0.05) is 13.1 Å². The molecule has 1 aliphatic rings. The van der Waals surface area contributed by atoms with Gasteiger partial charge in [0.2, 0.25) is 0 Å². The molecule has 1 saturated heterocycles. The van der Waals surface area contributed by atoms with Crippen LogP contribution in [0.15, 0.2) is 22.7 Å². The molecule has 2 nitrogen and oxygen atoms in total. The van der Waals surface area contributed by atoms with Crippen molar-refractivity contribution < 1.29 is 4.39 Å². The Balaban J connectivity index is 1.68. The number of halogens is 2. The fourth-order valence-electron chi connectivity index (χ4n) is 2.58. The second kappa shape index (κ2) is 7.36. The van der Waals surface area contributed by atoms with Gasteiger partial charge < -0.3 is 10.2 Å². The molecule has 19 heavy (non-hydrogen) atoms. The summed E-state index contributed by atoms with van der Waals surface area (Å²) in [5.74, 6) is 0.447. The lowest BCUT2D eigenvalue weighted by Crippen LogP contribution is -2.31. The number of hydrogen-bond donors (Lipinski definition) is 1. The summed E-state index contributed by atoms with van der Waals surface area (Å²) in [6.45, 7) is 7.66. The average molecular weight is 329 g/mol. The van der Waals surface area contributed by atoms with Gasteiger partial charge in [-0.15, -0.1) is 0 Å². The molecule has 1 unspecified atom stereocenters. The van der Waals surface area contributed by atoms with Gasteiger partial charge in [0.1, 0.15) is 5.82 Å². The van der Waals surface area contributed by atoms with Gasteiger partial charge in [-0.05, 0) is 72.0 Å². The quantitative estimate of drug-likeness (QED) is 0.860. The molecule has 0 aromatic heterocycles. The third kappa shape index (κ3) is 4.86. The lowest BCUT2D eigenvalue weighted by Gasteiger charge is -2.20. The van der Waals surface area contributed by atoms with Crippen LogP contribution in [0.5, 0.6) is 0 Å². The van der Waals surface area contributed by atoms with Crippen LogP contribution in [0, 0.1) is 11.7 Å². The molecule has 1 fully saturated rings. The molecule has 4 heteroatoms. The maximum atomic E-state index is 13.4. The zero-order valence-electron chi connectivity index (χ0n) is 11.5. The molecule has 0 spiro atoms. The molecule has 2 rings (SSSR count). The van der Waals surface area contributed by atoms with E-state index in [1.807, 2.05) is 6.07 Å². The van der Waals surface area contributed by atoms with Gasteiger partial charge in [-0.3, -0.25) is 0 Å². The van der Waals surface area contributed by atoms with Gasteiger partial charge >= 0.3 is 0 Å². The van der Waals surface area contributed by atoms with Crippen molar-refractivity contribution in [2.45, 2.75) is 26.3 Å². The zero-order valence-corrected chi connectivity index (χ0v) is 13.0. The highest BCUT2D eigenvalue weighted by Gasteiger charge is 2.14. The number of rotatable bonds is 6. The Bertz CT molecular complexity index is 405. The lowest BCUT2D eigenvalue weighted by molar-refractivity contribution is 0.282. The van der Waals surface area contributed by atoms with E-state index in [0.717, 1.165) is 18.7 Å². The highest BCUT2D eigenvalue weighted by molar-refractivity contribution is 9.10. The van der Waals surface area contributed by atoms with Crippen molar-refractivity contribution in [3.63, 3.8) is 0 Å². The van der Waals surface area contributed by atoms with Crippen LogP contribution < -0.4 is 5.32 Å². The number of nitrogens with zero attached hydrogens (tertiary/aromatic N) is 1. The van der Waals surface area contributed by atoms with Gasteiger partial charge in [-0.25, -0.2) is 4.39 Å². The molecule has 1 aromatic rings. The Morgan fingerprint density at radius 1 is 1.37 bits per heavy atom. The van der Waals surface area contributed by atoms with Crippen LogP contribution in [0.1, 0.15) is 25.3 Å². The van der Waals surface area contributed by atoms with Crippen LogP contribution in [0.25, 0.3) is 0 Å². The van der Waals surface area contributed by atoms with Crippen LogP contribution in [0.4, 0.5) is 4.39 Å². The molecule has 106 valence electrons. The van der Waals surface area contributed by atoms with E-state index in [4.69, 9.17) is 0 Å². The van der Waals surface area contributed by atoms with E-state index in [1.54, 1.807) is 12.1 Å². The molecule has 1 aromatic carbocycles. The molecule has 0 saturated carbocycles. The van der Waals surface area contributed by atoms with Gasteiger partial charge in [-0.1, -0.05) is 13.0 Å². The lowest BCUT2D eigenvalue weighted by atomic mass is 10.1. The molecular formula is C15H22BrFN2. The molecule has 0 bridgehead atoms. The molecule has 1 N–H and O–H groups in total. The first kappa shape index (κ1) is 14.9. The molecule has 1 heterocycles. The summed E-state index contributed by atoms with van der Waals surface area (Å²) in [5.41, 5.74) is 0.995. The van der Waals surface area contributed by atoms with Crippen molar-refractivity contribution in [3.05, 3.63) is 34.1 Å². The summed E-state index contributed by atoms with van der Waals surface area (Å²) in [7, 11) is 0. The fraction of sp³-hybridized carbons (Fsp3) is 0.600. The summed E-state index contributed by atoms with van der Waals surface area (Å²) in [6.07, 6.45) is 2.69. The Kier molecular flexibility index (Phi) is 5.79. The van der Waals surface area contributed by atoms with Crippen molar-refractivity contribution in [1.29, 1.82) is 0 Å². The Hall–Kier alpha value is -0.450. The van der Waals surface area contributed by atoms with Crippen molar-refractivity contribution in [2.24, 2.45) is 5.92 Å². The Morgan fingerprint density at radius 2 is 2.11 bits per heavy atom. The van der Waals surface area contributed by atoms with Gasteiger partial charge in [0.05, 0.1) is 4.47 Å². The van der Waals surface area contributed by atoms with E-state index in [0.29, 0.717) is 10.4 Å². The zero-order chi connectivity index (χ0) is 13.7. The fourth-order valence-corrected chi connectivity index (χ4v) is 2.83. The minimum Gasteiger partial charge on any atom is -0.312 e. The minimum absolute atomic E-state index is 0.190. The second-order valence-electron chi connectivity index (χ2n) is 5.49. The molecule has 0 aliphatic carbocycles. The smallest absolute Gasteiger partial charge is 0.137 e. The maximum Gasteiger partial charge on any atom is 0.137 e. The Labute approximate surface area is 123 Å². The first-order chi connectivity index (χ1) is 9.15. The largest absolute Gasteiger partial charge is 0.312 e. The Morgan fingerprint density at radius 3 is 2.79 bits per heavy atom. The van der Waals surface area contributed by atoms with E-state index in [1.165, 1.54) is 32.5 Å². The molecule has 1 atom stereocenters. The normalized spacial score (nSPS) is 17.8. The van der Waals surface area contributed by atoms with Crippen LogP contribution >= 0.6 is 15.9 Å². The molecule has 0 amide bonds. The molecular weight excluding hydrogens is 307 g/mol. The summed E-state index contributed by atoms with van der Waals surface area (Å²) in [5, 5.41) is 3.41. The van der Waals surface area contributed by atoms with Crippen LogP contribution in [0.3, 0.4) is 0 Å². The van der Waals surface area contributed by atoms with Crippen molar-refractivity contribution in [2.75, 3.05) is 26.2 Å². The van der Waals surface area contributed by atoms with Gasteiger partial charge in [0.25, 0.3) is 0 Å². The van der Waals surface area contributed by atoms with E-state index < -0.39 is 0 Å². The second-order valence-corrected chi connectivity index (χ2v) is 6.35. The minimum atomic E-state index is -0.190. The maximum absolute atomic E-state index is 13.4. The highest BCUT2D eigenvalue weighted by atomic mass is 79.9. The predicted octanol–water partition coefficient (Wildman–Crippen LogP) is 3.41. The van der Waals surface area contributed by atoms with E-state index in [9.17, 15) is 4.39 Å². The van der Waals surface area contributed by atoms with Crippen LogP contribution in [-0.2, 0) is 6.54 Å². The topological polar surface area (TPSA) is 15.3 Å². The van der Waals surface area contributed by atoms with Gasteiger partial charge in [-0.2, -0.15) is 0 Å². The highest BCUT2D eigenvalue weighted by Crippen LogP contribution is 2.16. The molecule has 1 aliphatic heterocycles. The number of hydrogen-bond acceptors (Lipinski definition) is 2. The van der Waals surface area contributed by atoms with E-state index in [2.05, 4.69) is 33.1 Å². The third-order valence-electron chi connectivity index (χ3n) is 3.57. The predicted molar refractivity (Wildman–Crippen MR) is 80.6 cm³/mol. The van der Waals surface area contributed by atoms with Gasteiger partial charge in [0.15, 0.2) is 0 Å². The van der Waals surface area contributed by atoms with Crippen LogP contribution in [0.2, 0.25) is 0 Å². The first-order valence-corrected chi connectivity index (χ1v) is 7.81. The monoisotopic (exact) mass is 328 g/mol. The SMILES string of the molecule is CC(CNCc1ccc(Br)c(F)c1)CN1CCCC1. The van der Waals surface area contributed by atoms with Crippen molar-refractivity contribution >= 4 is 15.9 Å². The number of nitrogens with one attached hydrogen (secondary N) is 1. The summed E-state index contributed by atoms with van der Waals surface area (Å²) in [6, 6.07) is 5.30.